The fourth-order valence-corrected chi connectivity index (χ4v) is 11.1. The molecular formula is C39H54N2O3. The molecule has 7 rings (SSSR count). The number of allylic oxidation sites excluding steroid dienone is 3. The second-order valence-electron chi connectivity index (χ2n) is 15.9. The summed E-state index contributed by atoms with van der Waals surface area (Å²) < 4.78 is 7.28. The molecule has 2 aliphatic heterocycles. The molecule has 0 bridgehead atoms. The van der Waals surface area contributed by atoms with Gasteiger partial charge < -0.3 is 10.1 Å². The predicted octanol–water partition coefficient (Wildman–Crippen LogP) is 7.06. The minimum Gasteiger partial charge on any atom is -0.369 e. The Morgan fingerprint density at radius 3 is 2.75 bits per heavy atom. The zero-order valence-corrected chi connectivity index (χ0v) is 27.6. The molecule has 1 N–H and O–H groups in total. The maximum absolute atomic E-state index is 12.7. The highest BCUT2D eigenvalue weighted by atomic mass is 16.5. The molecule has 0 unspecified atom stereocenters. The molecule has 2 saturated heterocycles. The Hall–Kier alpha value is -2.24. The maximum Gasteiger partial charge on any atom is 0.220 e. The number of fused-ring (bicyclic) bond motifs is 6. The van der Waals surface area contributed by atoms with Crippen molar-refractivity contribution in [1.82, 2.24) is 10.2 Å². The van der Waals surface area contributed by atoms with Gasteiger partial charge in [0.05, 0.1) is 11.7 Å². The monoisotopic (exact) mass is 598 g/mol. The second kappa shape index (κ2) is 11.8. The van der Waals surface area contributed by atoms with Crippen LogP contribution in [0.3, 0.4) is 0 Å². The van der Waals surface area contributed by atoms with E-state index < -0.39 is 0 Å². The number of hydrogen-bond acceptors (Lipinski definition) is 4. The summed E-state index contributed by atoms with van der Waals surface area (Å²) in [5.41, 5.74) is 6.18. The number of nitrogens with zero attached hydrogens (tertiary/aromatic N) is 1. The van der Waals surface area contributed by atoms with Gasteiger partial charge in [0.1, 0.15) is 0 Å². The van der Waals surface area contributed by atoms with Crippen molar-refractivity contribution in [1.29, 1.82) is 0 Å². The van der Waals surface area contributed by atoms with Crippen molar-refractivity contribution in [2.24, 2.45) is 35.0 Å². The molecular weight excluding hydrogens is 544 g/mol. The highest BCUT2D eigenvalue weighted by Crippen LogP contribution is 2.64. The number of aryl methyl sites for hydroxylation is 1. The van der Waals surface area contributed by atoms with Gasteiger partial charge in [-0.15, -0.1) is 0 Å². The fourth-order valence-electron chi connectivity index (χ4n) is 11.1. The number of nitrogens with one attached hydrogen (secondary N) is 1. The lowest BCUT2D eigenvalue weighted by molar-refractivity contribution is -0.121. The van der Waals surface area contributed by atoms with Crippen LogP contribution in [-0.2, 0) is 20.7 Å². The van der Waals surface area contributed by atoms with Crippen molar-refractivity contribution < 1.29 is 14.3 Å². The average Bonchev–Trinajstić information content (AvgIpc) is 3.47. The van der Waals surface area contributed by atoms with Gasteiger partial charge in [0.15, 0.2) is 5.78 Å². The zero-order chi connectivity index (χ0) is 30.6. The second-order valence-corrected chi connectivity index (χ2v) is 15.9. The van der Waals surface area contributed by atoms with E-state index in [2.05, 4.69) is 50.0 Å². The molecule has 5 heteroatoms. The molecule has 9 atom stereocenters. The van der Waals surface area contributed by atoms with Crippen molar-refractivity contribution in [3.63, 3.8) is 0 Å². The number of carbonyl (C=O) groups excluding carboxylic acids is 2. The molecule has 0 radical (unpaired) electrons. The van der Waals surface area contributed by atoms with Crippen molar-refractivity contribution in [3.05, 3.63) is 58.7 Å². The van der Waals surface area contributed by atoms with Crippen LogP contribution in [0.4, 0.5) is 0 Å². The first-order chi connectivity index (χ1) is 21.2. The van der Waals surface area contributed by atoms with Gasteiger partial charge >= 0.3 is 0 Å². The van der Waals surface area contributed by atoms with Crippen LogP contribution in [-0.4, -0.2) is 54.0 Å². The van der Waals surface area contributed by atoms with E-state index in [9.17, 15) is 9.59 Å². The lowest BCUT2D eigenvalue weighted by Crippen LogP contribution is -2.53. The topological polar surface area (TPSA) is 58.6 Å². The first kappa shape index (κ1) is 30.4. The Bertz CT molecular complexity index is 1330. The van der Waals surface area contributed by atoms with Gasteiger partial charge in [-0.1, -0.05) is 67.8 Å². The van der Waals surface area contributed by atoms with E-state index in [0.717, 1.165) is 64.0 Å². The fraction of sp³-hybridized carbons (Fsp3) is 0.692. The largest absolute Gasteiger partial charge is 0.369 e. The summed E-state index contributed by atoms with van der Waals surface area (Å²) in [5, 5.41) is 3.22. The Labute approximate surface area is 265 Å². The number of piperidine rings is 1. The van der Waals surface area contributed by atoms with Crippen LogP contribution < -0.4 is 5.32 Å². The molecule has 5 nitrogen and oxygen atoms in total. The van der Waals surface area contributed by atoms with Crippen molar-refractivity contribution >= 4 is 11.7 Å². The van der Waals surface area contributed by atoms with Gasteiger partial charge in [0.25, 0.3) is 0 Å². The third-order valence-corrected chi connectivity index (χ3v) is 13.4. The van der Waals surface area contributed by atoms with Crippen molar-refractivity contribution in [2.45, 2.75) is 116 Å². The van der Waals surface area contributed by atoms with E-state index in [1.165, 1.54) is 30.4 Å². The third-order valence-electron chi connectivity index (χ3n) is 13.4. The summed E-state index contributed by atoms with van der Waals surface area (Å²) in [6, 6.07) is 10.7. The van der Waals surface area contributed by atoms with E-state index in [0.29, 0.717) is 48.5 Å². The molecule has 1 aromatic rings. The minimum absolute atomic E-state index is 0.0750. The SMILES string of the molecule is CC1=C2C[C@H]3[C@@H](CCC4=CC(=O)CC[C@@]43C)[C@@H]2CC[C@@]2(C1)O[C@@H]1C[C@H](C)CN(CCNC(=O)CCc3ccccc3)[C@H]1[C@H]2C. The van der Waals surface area contributed by atoms with Crippen LogP contribution in [0.5, 0.6) is 0 Å². The first-order valence-corrected chi connectivity index (χ1v) is 17.8. The van der Waals surface area contributed by atoms with Crippen molar-refractivity contribution in [2.75, 3.05) is 19.6 Å². The number of benzene rings is 1. The first-order valence-electron chi connectivity index (χ1n) is 17.8. The van der Waals surface area contributed by atoms with E-state index in [4.69, 9.17) is 4.74 Å². The van der Waals surface area contributed by atoms with Crippen LogP contribution in [0.15, 0.2) is 53.1 Å². The highest BCUT2D eigenvalue weighted by molar-refractivity contribution is 5.91. The molecule has 4 fully saturated rings. The molecule has 4 aliphatic carbocycles. The lowest BCUT2D eigenvalue weighted by Gasteiger charge is -2.48. The molecule has 1 amide bonds. The maximum atomic E-state index is 12.7. The quantitative estimate of drug-likeness (QED) is 0.356. The van der Waals surface area contributed by atoms with E-state index >= 15 is 0 Å². The molecule has 1 spiro atoms. The number of ketones is 1. The number of amides is 1. The predicted molar refractivity (Wildman–Crippen MR) is 175 cm³/mol. The van der Waals surface area contributed by atoms with Crippen LogP contribution in [0.25, 0.3) is 0 Å². The molecule has 2 saturated carbocycles. The Balaban J connectivity index is 1.02. The van der Waals surface area contributed by atoms with Crippen LogP contribution in [0.2, 0.25) is 0 Å². The summed E-state index contributed by atoms with van der Waals surface area (Å²) in [4.78, 5) is 27.6. The van der Waals surface area contributed by atoms with Gasteiger partial charge in [0, 0.05) is 44.4 Å². The van der Waals surface area contributed by atoms with Gasteiger partial charge in [-0.25, -0.2) is 0 Å². The Morgan fingerprint density at radius 2 is 1.93 bits per heavy atom. The van der Waals surface area contributed by atoms with E-state index in [1.807, 2.05) is 24.3 Å². The van der Waals surface area contributed by atoms with Gasteiger partial charge in [-0.05, 0) is 105 Å². The zero-order valence-electron chi connectivity index (χ0n) is 27.6. The number of carbonyl (C=O) groups is 2. The normalized spacial score (nSPS) is 40.1. The number of likely N-dealkylation sites (tertiary alicyclic amines) is 1. The number of ether oxygens (including phenoxy) is 1. The van der Waals surface area contributed by atoms with Gasteiger partial charge in [-0.2, -0.15) is 0 Å². The molecule has 1 aromatic carbocycles. The summed E-state index contributed by atoms with van der Waals surface area (Å²) >= 11 is 0. The highest BCUT2D eigenvalue weighted by Gasteiger charge is 2.59. The smallest absolute Gasteiger partial charge is 0.220 e. The average molecular weight is 599 g/mol. The number of hydrogen-bond donors (Lipinski definition) is 1. The van der Waals surface area contributed by atoms with Crippen molar-refractivity contribution in [3.8, 4) is 0 Å². The lowest BCUT2D eigenvalue weighted by atomic mass is 9.56. The van der Waals surface area contributed by atoms with Gasteiger partial charge in [-0.3, -0.25) is 14.5 Å². The Morgan fingerprint density at radius 1 is 1.11 bits per heavy atom. The molecule has 6 aliphatic rings. The van der Waals surface area contributed by atoms with Crippen LogP contribution in [0.1, 0.15) is 97.5 Å². The summed E-state index contributed by atoms with van der Waals surface area (Å²) in [5.74, 6) is 3.72. The molecule has 0 aromatic heterocycles. The standard InChI is InChI=1S/C39H54N2O3/c1-25-20-35-37(41(24-25)19-18-40-36(43)13-10-28-8-6-5-7-9-28)27(3)39(44-35)17-15-31-32-12-11-29-21-30(42)14-16-38(29,4)34(32)22-33(31)26(2)23-39/h5-9,21,25,27,31-32,34-35,37H,10-20,22-24H2,1-4H3,(H,40,43)/t25-,27+,31-,32-,34-,35+,37-,38-,39-/m0/s1. The summed E-state index contributed by atoms with van der Waals surface area (Å²) in [7, 11) is 0. The van der Waals surface area contributed by atoms with E-state index in [-0.39, 0.29) is 23.0 Å². The molecule has 44 heavy (non-hydrogen) atoms. The number of rotatable bonds is 6. The van der Waals surface area contributed by atoms with E-state index in [1.54, 1.807) is 11.1 Å². The summed E-state index contributed by atoms with van der Waals surface area (Å²) in [6.07, 6.45) is 13.6. The molecule has 238 valence electrons. The molecule has 2 heterocycles. The van der Waals surface area contributed by atoms with Gasteiger partial charge in [0.2, 0.25) is 5.91 Å². The summed E-state index contributed by atoms with van der Waals surface area (Å²) in [6.45, 7) is 12.5. The van der Waals surface area contributed by atoms with Crippen LogP contribution in [0, 0.1) is 35.0 Å². The minimum atomic E-state index is -0.0750. The third kappa shape index (κ3) is 5.34. The van der Waals surface area contributed by atoms with Crippen LogP contribution >= 0.6 is 0 Å². The Kier molecular flexibility index (Phi) is 8.19.